The van der Waals surface area contributed by atoms with Crippen molar-refractivity contribution in [2.24, 2.45) is 5.73 Å². The highest BCUT2D eigenvalue weighted by Crippen LogP contribution is 1.80. The van der Waals surface area contributed by atoms with E-state index in [1.807, 2.05) is 0 Å². The van der Waals surface area contributed by atoms with Crippen molar-refractivity contribution in [1.82, 2.24) is 0 Å². The van der Waals surface area contributed by atoms with E-state index in [0.717, 1.165) is 0 Å². The van der Waals surface area contributed by atoms with E-state index < -0.39 is 17.7 Å². The average Bonchev–Trinajstić information content (AvgIpc) is 1.64. The standard InChI is InChI=1S/C3H7NO2S/c4-2(1-7)3(5)6/h2,7H,1,4H2,(H,5,6)/t2-/m0/s1/i1D,3+3,4+1/t1-,2+/m1. The Morgan fingerprint density at radius 3 is 2.71 bits per heavy atom. The van der Waals surface area contributed by atoms with Crippen molar-refractivity contribution in [3.05, 3.63) is 0 Å². The summed E-state index contributed by atoms with van der Waals surface area (Å²) in [6.45, 7) is 0. The molecule has 7 heavy (non-hydrogen) atoms. The Morgan fingerprint density at radius 2 is 2.71 bits per heavy atom. The minimum Gasteiger partial charge on any atom is -0.480 e. The van der Waals surface area contributed by atoms with Gasteiger partial charge in [-0.05, 0) is 0 Å². The van der Waals surface area contributed by atoms with Crippen molar-refractivity contribution >= 4 is 18.6 Å². The van der Waals surface area contributed by atoms with Crippen LogP contribution < -0.4 is 5.73 Å². The van der Waals surface area contributed by atoms with Crippen LogP contribution in [0.3, 0.4) is 0 Å². The first-order valence-corrected chi connectivity index (χ1v) is 2.16. The third kappa shape index (κ3) is 2.47. The Bertz CT molecular complexity index is 97.3. The predicted octanol–water partition coefficient (Wildman–Crippen LogP) is -0.672. The molecule has 0 radical (unpaired) electrons. The van der Waals surface area contributed by atoms with Crippen molar-refractivity contribution in [1.29, 1.82) is 0 Å². The molecule has 0 amide bonds. The summed E-state index contributed by atoms with van der Waals surface area (Å²) in [7, 11) is 0. The number of thiol groups is 1. The number of hydrogen-bond acceptors (Lipinski definition) is 3. The molecule has 0 bridgehead atoms. The first-order chi connectivity index (χ1) is 3.55. The maximum atomic E-state index is 9.85. The van der Waals surface area contributed by atoms with Crippen LogP contribution in [0.5, 0.6) is 0 Å². The van der Waals surface area contributed by atoms with E-state index in [4.69, 9.17) is 12.2 Å². The van der Waals surface area contributed by atoms with Gasteiger partial charge in [-0.3, -0.25) is 4.79 Å². The molecule has 2 atom stereocenters. The van der Waals surface area contributed by atoms with Gasteiger partial charge in [-0.1, -0.05) is 0 Å². The van der Waals surface area contributed by atoms with Gasteiger partial charge in [-0.25, -0.2) is 0 Å². The first-order valence-electron chi connectivity index (χ1n) is 2.22. The molecule has 0 aromatic carbocycles. The van der Waals surface area contributed by atoms with Crippen LogP contribution in [-0.2, 0) is 4.79 Å². The second-order valence-corrected chi connectivity index (χ2v) is 1.31. The van der Waals surface area contributed by atoms with Gasteiger partial charge in [0.25, 0.3) is 0 Å². The maximum absolute atomic E-state index is 9.85. The number of aliphatic carboxylic acids is 1. The van der Waals surface area contributed by atoms with Crippen LogP contribution in [0.15, 0.2) is 0 Å². The molecule has 0 saturated heterocycles. The molecular formula is C3H7NO2S. The number of nitrogens with two attached hydrogens (primary N) is 1. The average molecular weight is 126 g/mol. The zero-order valence-corrected chi connectivity index (χ0v) is 4.43. The summed E-state index contributed by atoms with van der Waals surface area (Å²) in [6, 6.07) is -1.18. The third-order valence-electron chi connectivity index (χ3n) is 0.446. The van der Waals surface area contributed by atoms with E-state index in [1.165, 1.54) is 0 Å². The van der Waals surface area contributed by atoms with E-state index in [1.54, 1.807) is 0 Å². The van der Waals surface area contributed by atoms with Gasteiger partial charge in [-0.2, -0.15) is 12.6 Å². The first kappa shape index (κ1) is 4.93. The van der Waals surface area contributed by atoms with Crippen LogP contribution in [-0.4, -0.2) is 22.8 Å². The lowest BCUT2D eigenvalue weighted by Crippen LogP contribution is -2.31. The molecule has 0 aromatic rings. The zero-order chi connectivity index (χ0) is 6.73. The lowest BCUT2D eigenvalue weighted by Gasteiger charge is -1.96. The Hall–Kier alpha value is -0.220. The monoisotopic (exact) mass is 126 g/mol. The van der Waals surface area contributed by atoms with Gasteiger partial charge in [0, 0.05) is 7.10 Å². The molecule has 0 fully saturated rings. The van der Waals surface area contributed by atoms with E-state index >= 15 is 0 Å². The Labute approximate surface area is 48.3 Å². The van der Waals surface area contributed by atoms with E-state index in [9.17, 15) is 4.79 Å². The molecule has 0 saturated carbocycles. The SMILES string of the molecule is [2H][C@@H](S)[C@H]([15NH2])[15C](=O)O. The van der Waals surface area contributed by atoms with Gasteiger partial charge in [0.1, 0.15) is 6.04 Å². The molecule has 0 spiro atoms. The number of hydrogen-bond donors (Lipinski definition) is 3. The Kier molecular flexibility index (Phi) is 2.02. The molecule has 0 aliphatic carbocycles. The molecule has 0 aliphatic rings. The van der Waals surface area contributed by atoms with Crippen LogP contribution in [0.1, 0.15) is 1.37 Å². The van der Waals surface area contributed by atoms with Crippen LogP contribution in [0.2, 0.25) is 0 Å². The minimum atomic E-state index is -1.19. The van der Waals surface area contributed by atoms with Crippen LogP contribution >= 0.6 is 12.6 Å². The fourth-order valence-electron chi connectivity index (χ4n) is 0.0638. The quantitative estimate of drug-likeness (QED) is 0.339. The van der Waals surface area contributed by atoms with Crippen molar-refractivity contribution in [2.45, 2.75) is 6.04 Å². The van der Waals surface area contributed by atoms with Crippen molar-refractivity contribution in [2.75, 3.05) is 5.73 Å². The number of carbonyl (C=O) groups is 1. The summed E-state index contributed by atoms with van der Waals surface area (Å²) in [4.78, 5) is 9.85. The van der Waals surface area contributed by atoms with Gasteiger partial charge < -0.3 is 10.8 Å². The summed E-state index contributed by atoms with van der Waals surface area (Å²) in [5.74, 6) is -1.19. The Morgan fingerprint density at radius 1 is 2.29 bits per heavy atom. The second-order valence-electron chi connectivity index (χ2n) is 1.01. The van der Waals surface area contributed by atoms with Crippen molar-refractivity contribution in [3.8, 4) is 0 Å². The third-order valence-corrected chi connectivity index (χ3v) is 0.767. The lowest BCUT2D eigenvalue weighted by molar-refractivity contribution is -0.137. The predicted molar refractivity (Wildman–Crippen MR) is 29.5 cm³/mol. The minimum absolute atomic E-state index is 1.03. The molecular weight excluding hydrogens is 118 g/mol. The summed E-state index contributed by atoms with van der Waals surface area (Å²) in [6.07, 6.45) is 0. The number of carboxylic acid groups (broad SMARTS) is 1. The van der Waals surface area contributed by atoms with Gasteiger partial charge in [0.05, 0.1) is 0 Å². The number of carboxylic acids is 1. The fourth-order valence-corrected chi connectivity index (χ4v) is 0.191. The van der Waals surface area contributed by atoms with Gasteiger partial charge in [-0.15, -0.1) is 0 Å². The van der Waals surface area contributed by atoms with Crippen molar-refractivity contribution in [3.63, 3.8) is 0 Å². The second kappa shape index (κ2) is 2.87. The van der Waals surface area contributed by atoms with E-state index in [0.29, 0.717) is 0 Å². The molecule has 3 N–H and O–H groups in total. The smallest absolute Gasteiger partial charge is 0.321 e. The maximum Gasteiger partial charge on any atom is 0.321 e. The van der Waals surface area contributed by atoms with Gasteiger partial charge in [0.2, 0.25) is 0 Å². The van der Waals surface area contributed by atoms with E-state index in [2.05, 4.69) is 12.6 Å². The highest BCUT2D eigenvalue weighted by molar-refractivity contribution is 7.80. The highest BCUT2D eigenvalue weighted by atomic mass is 32.1. The molecule has 4 heteroatoms. The van der Waals surface area contributed by atoms with Gasteiger partial charge in [0.15, 0.2) is 0 Å². The largest absolute Gasteiger partial charge is 0.480 e. The fraction of sp³-hybridized carbons (Fsp3) is 0.667. The summed E-state index contributed by atoms with van der Waals surface area (Å²) >= 11 is 3.49. The van der Waals surface area contributed by atoms with Crippen LogP contribution in [0.25, 0.3) is 0 Å². The molecule has 0 aliphatic heterocycles. The van der Waals surface area contributed by atoms with Crippen LogP contribution in [0, 0.1) is 0 Å². The zero-order valence-electron chi connectivity index (χ0n) is 4.53. The molecule has 42 valence electrons. The summed E-state index contributed by atoms with van der Waals surface area (Å²) < 4.78 is 6.67. The molecule has 0 heterocycles. The summed E-state index contributed by atoms with van der Waals surface area (Å²) in [5.41, 5.74) is 3.86. The molecule has 3 nitrogen and oxygen atoms in total. The topological polar surface area (TPSA) is 63.3 Å². The summed E-state index contributed by atoms with van der Waals surface area (Å²) in [5, 5.41) is 8.06. The lowest BCUT2D eigenvalue weighted by atomic mass is 10.7. The molecule has 0 unspecified atom stereocenters. The molecule has 0 aromatic heterocycles. The van der Waals surface area contributed by atoms with Crippen molar-refractivity contribution < 1.29 is 11.3 Å². The highest BCUT2D eigenvalue weighted by Gasteiger charge is 2.06. The van der Waals surface area contributed by atoms with E-state index in [-0.39, 0.29) is 0 Å². The normalized spacial score (nSPS) is 20.0. The van der Waals surface area contributed by atoms with Crippen LogP contribution in [0.4, 0.5) is 0 Å². The number of rotatable bonds is 2. The van der Waals surface area contributed by atoms with Gasteiger partial charge >= 0.3 is 5.97 Å². The molecule has 0 rings (SSSR count). The Balaban J connectivity index is 3.64.